The molecule has 0 aliphatic carbocycles. The van der Waals surface area contributed by atoms with Gasteiger partial charge in [0.05, 0.1) is 48.2 Å². The summed E-state index contributed by atoms with van der Waals surface area (Å²) < 4.78 is 12.8. The van der Waals surface area contributed by atoms with Crippen molar-refractivity contribution in [1.82, 2.24) is 9.55 Å². The number of halogens is 1. The van der Waals surface area contributed by atoms with Gasteiger partial charge in [0.15, 0.2) is 11.5 Å². The summed E-state index contributed by atoms with van der Waals surface area (Å²) in [5, 5.41) is 0.604. The zero-order valence-electron chi connectivity index (χ0n) is 15.2. The Morgan fingerprint density at radius 1 is 1.11 bits per heavy atom. The molecule has 1 unspecified atom stereocenters. The van der Waals surface area contributed by atoms with Crippen molar-refractivity contribution in [2.45, 2.75) is 13.1 Å². The second-order valence-corrected chi connectivity index (χ2v) is 6.70. The number of hydrogen-bond donors (Lipinski definition) is 2. The molecule has 1 atom stereocenters. The molecule has 1 aromatic heterocycles. The first kappa shape index (κ1) is 17.5. The van der Waals surface area contributed by atoms with Crippen LogP contribution in [0.1, 0.15) is 17.4 Å². The molecule has 0 fully saturated rings. The molecule has 1 aliphatic heterocycles. The Morgan fingerprint density at radius 3 is 2.41 bits per heavy atom. The Labute approximate surface area is 162 Å². The molecule has 2 aromatic carbocycles. The number of nitrogen functional groups attached to an aromatic ring is 1. The number of ether oxygens (including phenoxy) is 2. The van der Waals surface area contributed by atoms with E-state index < -0.39 is 6.17 Å². The molecule has 8 heteroatoms. The normalized spacial score (nSPS) is 15.3. The summed E-state index contributed by atoms with van der Waals surface area (Å²) in [5.41, 5.74) is 16.9. The van der Waals surface area contributed by atoms with E-state index in [0.29, 0.717) is 22.5 Å². The van der Waals surface area contributed by atoms with Crippen LogP contribution in [0.25, 0.3) is 5.69 Å². The first-order valence-corrected chi connectivity index (χ1v) is 8.75. The highest BCUT2D eigenvalue weighted by Crippen LogP contribution is 2.49. The summed E-state index contributed by atoms with van der Waals surface area (Å²) in [5.74, 6) is 1.52. The van der Waals surface area contributed by atoms with Crippen LogP contribution in [0.4, 0.5) is 17.3 Å². The van der Waals surface area contributed by atoms with Crippen LogP contribution >= 0.6 is 11.6 Å². The van der Waals surface area contributed by atoms with Gasteiger partial charge in [-0.1, -0.05) is 23.7 Å². The molecule has 4 rings (SSSR count). The van der Waals surface area contributed by atoms with Gasteiger partial charge < -0.3 is 25.8 Å². The monoisotopic (exact) mass is 385 g/mol. The van der Waals surface area contributed by atoms with Gasteiger partial charge in [0.2, 0.25) is 5.95 Å². The molecule has 0 bridgehead atoms. The molecule has 0 radical (unpaired) electrons. The van der Waals surface area contributed by atoms with E-state index in [-0.39, 0.29) is 0 Å². The van der Waals surface area contributed by atoms with Crippen molar-refractivity contribution in [2.24, 2.45) is 5.73 Å². The molecule has 4 N–H and O–H groups in total. The quantitative estimate of drug-likeness (QED) is 0.716. The van der Waals surface area contributed by atoms with Gasteiger partial charge in [-0.05, 0) is 18.6 Å². The number of anilines is 3. The van der Waals surface area contributed by atoms with E-state index in [1.165, 1.54) is 0 Å². The average Bonchev–Trinajstić information content (AvgIpc) is 3.05. The predicted octanol–water partition coefficient (Wildman–Crippen LogP) is 3.54. The Morgan fingerprint density at radius 2 is 1.78 bits per heavy atom. The molecular weight excluding hydrogens is 366 g/mol. The van der Waals surface area contributed by atoms with Crippen LogP contribution < -0.4 is 25.8 Å². The van der Waals surface area contributed by atoms with E-state index >= 15 is 0 Å². The van der Waals surface area contributed by atoms with E-state index in [1.54, 1.807) is 20.4 Å². The maximum absolute atomic E-state index is 6.63. The number of hydrogen-bond acceptors (Lipinski definition) is 6. The van der Waals surface area contributed by atoms with Crippen LogP contribution in [0.5, 0.6) is 11.5 Å². The fourth-order valence-corrected chi connectivity index (χ4v) is 3.86. The van der Waals surface area contributed by atoms with Crippen molar-refractivity contribution in [2.75, 3.05) is 24.9 Å². The first-order chi connectivity index (χ1) is 13.0. The number of aryl methyl sites for hydroxylation is 1. The van der Waals surface area contributed by atoms with Crippen molar-refractivity contribution >= 4 is 28.9 Å². The molecule has 3 aromatic rings. The highest BCUT2D eigenvalue weighted by atomic mass is 35.5. The highest BCUT2D eigenvalue weighted by Gasteiger charge is 2.34. The van der Waals surface area contributed by atoms with Crippen molar-refractivity contribution in [1.29, 1.82) is 0 Å². The third-order valence-electron chi connectivity index (χ3n) is 4.81. The molecule has 0 spiro atoms. The third kappa shape index (κ3) is 2.50. The minimum absolute atomic E-state index is 0.351. The number of para-hydroxylation sites is 1. The molecule has 27 heavy (non-hydrogen) atoms. The zero-order valence-corrected chi connectivity index (χ0v) is 16.0. The van der Waals surface area contributed by atoms with Gasteiger partial charge in [-0.3, -0.25) is 4.57 Å². The largest absolute Gasteiger partial charge is 0.493 e. The number of imidazole rings is 1. The van der Waals surface area contributed by atoms with Crippen LogP contribution in [0.15, 0.2) is 36.5 Å². The average molecular weight is 386 g/mol. The van der Waals surface area contributed by atoms with Crippen molar-refractivity contribution in [3.8, 4) is 17.2 Å². The van der Waals surface area contributed by atoms with Gasteiger partial charge >= 0.3 is 0 Å². The number of fused-ring (bicyclic) bond motifs is 3. The third-order valence-corrected chi connectivity index (χ3v) is 5.11. The number of nitrogens with zero attached hydrogens (tertiary/aromatic N) is 3. The van der Waals surface area contributed by atoms with Gasteiger partial charge in [-0.2, -0.15) is 0 Å². The molecule has 0 saturated carbocycles. The summed E-state index contributed by atoms with van der Waals surface area (Å²) in [6.45, 7) is 1.99. The summed E-state index contributed by atoms with van der Waals surface area (Å²) in [6.07, 6.45) is 1.15. The van der Waals surface area contributed by atoms with Crippen molar-refractivity contribution < 1.29 is 9.47 Å². The van der Waals surface area contributed by atoms with E-state index in [4.69, 9.17) is 32.5 Å². The molecular formula is C19H20ClN5O2. The standard InChI is InChI=1S/C19H20ClN5O2/c1-10-5-4-6-11(20)17(10)25-13-8-16(27-3)15(26-2)7-12(13)24-14(18(25)21)9-23-19(24)22/h4-9,18H,21H2,1-3H3,(H2,22,23). The summed E-state index contributed by atoms with van der Waals surface area (Å²) in [6, 6.07) is 9.49. The molecule has 140 valence electrons. The van der Waals surface area contributed by atoms with Crippen LogP contribution in [-0.2, 0) is 0 Å². The lowest BCUT2D eigenvalue weighted by Gasteiger charge is -2.39. The van der Waals surface area contributed by atoms with Gasteiger partial charge in [0.25, 0.3) is 0 Å². The Kier molecular flexibility index (Phi) is 4.13. The Hall–Kier alpha value is -2.90. The molecule has 2 heterocycles. The number of aromatic nitrogens is 2. The summed E-state index contributed by atoms with van der Waals surface area (Å²) in [4.78, 5) is 6.23. The Balaban J connectivity index is 2.07. The fraction of sp³-hybridized carbons (Fsp3) is 0.211. The van der Waals surface area contributed by atoms with E-state index in [1.807, 2.05) is 46.7 Å². The molecule has 0 saturated heterocycles. The van der Waals surface area contributed by atoms with Gasteiger partial charge in [0, 0.05) is 12.1 Å². The minimum Gasteiger partial charge on any atom is -0.493 e. The second-order valence-electron chi connectivity index (χ2n) is 6.29. The predicted molar refractivity (Wildman–Crippen MR) is 106 cm³/mol. The van der Waals surface area contributed by atoms with E-state index in [0.717, 1.165) is 28.3 Å². The van der Waals surface area contributed by atoms with E-state index in [2.05, 4.69) is 4.98 Å². The van der Waals surface area contributed by atoms with Gasteiger partial charge in [0.1, 0.15) is 6.17 Å². The number of nitrogens with two attached hydrogens (primary N) is 2. The van der Waals surface area contributed by atoms with Gasteiger partial charge in [-0.25, -0.2) is 4.98 Å². The smallest absolute Gasteiger partial charge is 0.205 e. The van der Waals surface area contributed by atoms with Gasteiger partial charge in [-0.15, -0.1) is 0 Å². The number of benzene rings is 2. The van der Waals surface area contributed by atoms with E-state index in [9.17, 15) is 0 Å². The lowest BCUT2D eigenvalue weighted by Crippen LogP contribution is -2.37. The maximum atomic E-state index is 6.63. The lowest BCUT2D eigenvalue weighted by atomic mass is 10.1. The molecule has 0 amide bonds. The highest BCUT2D eigenvalue weighted by molar-refractivity contribution is 6.33. The minimum atomic E-state index is -0.529. The molecule has 7 nitrogen and oxygen atoms in total. The summed E-state index contributed by atoms with van der Waals surface area (Å²) in [7, 11) is 3.18. The number of methoxy groups -OCH3 is 2. The topological polar surface area (TPSA) is 91.6 Å². The summed E-state index contributed by atoms with van der Waals surface area (Å²) >= 11 is 6.56. The molecule has 1 aliphatic rings. The van der Waals surface area contributed by atoms with Crippen LogP contribution in [0.3, 0.4) is 0 Å². The number of rotatable bonds is 3. The SMILES string of the molecule is COc1cc2c(cc1OC)-n1c(cnc1N)C(N)N2c1c(C)cccc1Cl. The fourth-order valence-electron chi connectivity index (χ4n) is 3.55. The first-order valence-electron chi connectivity index (χ1n) is 8.37. The van der Waals surface area contributed by atoms with Crippen molar-refractivity contribution in [3.05, 3.63) is 52.8 Å². The van der Waals surface area contributed by atoms with Crippen molar-refractivity contribution in [3.63, 3.8) is 0 Å². The Bertz CT molecular complexity index is 1010. The second kappa shape index (κ2) is 6.37. The van der Waals surface area contributed by atoms with Crippen LogP contribution in [-0.4, -0.2) is 23.8 Å². The lowest BCUT2D eigenvalue weighted by molar-refractivity contribution is 0.354. The zero-order chi connectivity index (χ0) is 19.3. The van der Waals surface area contributed by atoms with Crippen LogP contribution in [0.2, 0.25) is 5.02 Å². The van der Waals surface area contributed by atoms with Crippen LogP contribution in [0, 0.1) is 6.92 Å². The maximum Gasteiger partial charge on any atom is 0.205 e.